The lowest BCUT2D eigenvalue weighted by Gasteiger charge is -2.05. The van der Waals surface area contributed by atoms with Gasteiger partial charge < -0.3 is 9.47 Å². The van der Waals surface area contributed by atoms with Gasteiger partial charge in [-0.05, 0) is 60.2 Å². The van der Waals surface area contributed by atoms with Gasteiger partial charge in [-0.3, -0.25) is 4.79 Å². The number of rotatable bonds is 6. The van der Waals surface area contributed by atoms with E-state index in [0.29, 0.717) is 27.0 Å². The van der Waals surface area contributed by atoms with Gasteiger partial charge in [0.25, 0.3) is 5.91 Å². The molecule has 6 nitrogen and oxygen atoms in total. The third-order valence-corrected chi connectivity index (χ3v) is 6.21. The third kappa shape index (κ3) is 4.80. The predicted molar refractivity (Wildman–Crippen MR) is 126 cm³/mol. The largest absolute Gasteiger partial charge is 0.497 e. The van der Waals surface area contributed by atoms with Gasteiger partial charge in [0.2, 0.25) is 0 Å². The number of benzene rings is 3. The Hall–Kier alpha value is -3.68. The van der Waals surface area contributed by atoms with E-state index in [-0.39, 0.29) is 5.91 Å². The number of thiophene rings is 1. The van der Waals surface area contributed by atoms with Crippen molar-refractivity contribution in [1.82, 2.24) is 5.43 Å². The van der Waals surface area contributed by atoms with E-state index in [0.717, 1.165) is 15.6 Å². The number of hydrogen-bond acceptors (Lipinski definition) is 6. The molecule has 1 aromatic heterocycles. The van der Waals surface area contributed by atoms with Crippen LogP contribution in [0.2, 0.25) is 5.02 Å². The molecular formula is C24H17ClN2O4S. The lowest BCUT2D eigenvalue weighted by atomic mass is 10.2. The molecule has 1 amide bonds. The summed E-state index contributed by atoms with van der Waals surface area (Å²) in [7, 11) is 1.56. The molecule has 0 spiro atoms. The molecule has 0 aliphatic heterocycles. The number of carbonyl (C=O) groups excluding carboxylic acids is 2. The van der Waals surface area contributed by atoms with Crippen LogP contribution in [0, 0.1) is 0 Å². The predicted octanol–water partition coefficient (Wildman–Crippen LogP) is 5.55. The normalized spacial score (nSPS) is 10.9. The van der Waals surface area contributed by atoms with Gasteiger partial charge in [-0.25, -0.2) is 10.2 Å². The molecule has 1 heterocycles. The number of nitrogens with one attached hydrogen (secondary N) is 1. The number of hydrogen-bond donors (Lipinski definition) is 1. The van der Waals surface area contributed by atoms with Gasteiger partial charge in [0, 0.05) is 10.1 Å². The van der Waals surface area contributed by atoms with Gasteiger partial charge in [0.05, 0.1) is 23.9 Å². The van der Waals surface area contributed by atoms with Crippen LogP contribution in [0.4, 0.5) is 0 Å². The van der Waals surface area contributed by atoms with Crippen LogP contribution in [0.3, 0.4) is 0 Å². The van der Waals surface area contributed by atoms with Crippen molar-refractivity contribution in [3.05, 3.63) is 93.8 Å². The average Bonchev–Trinajstić information content (AvgIpc) is 3.17. The summed E-state index contributed by atoms with van der Waals surface area (Å²) in [6.45, 7) is 0. The first-order valence-electron chi connectivity index (χ1n) is 9.52. The lowest BCUT2D eigenvalue weighted by Crippen LogP contribution is -2.16. The number of nitrogens with zero attached hydrogens (tertiary/aromatic N) is 1. The molecule has 0 saturated heterocycles. The smallest absolute Gasteiger partial charge is 0.343 e. The van der Waals surface area contributed by atoms with Crippen LogP contribution >= 0.6 is 22.9 Å². The Labute approximate surface area is 193 Å². The van der Waals surface area contributed by atoms with Crippen LogP contribution in [0.25, 0.3) is 10.1 Å². The zero-order valence-electron chi connectivity index (χ0n) is 16.9. The highest BCUT2D eigenvalue weighted by atomic mass is 35.5. The fourth-order valence-corrected chi connectivity index (χ4v) is 4.30. The van der Waals surface area contributed by atoms with E-state index in [2.05, 4.69) is 10.5 Å². The van der Waals surface area contributed by atoms with Crippen molar-refractivity contribution in [3.63, 3.8) is 0 Å². The van der Waals surface area contributed by atoms with E-state index in [1.165, 1.54) is 17.6 Å². The van der Waals surface area contributed by atoms with E-state index in [1.54, 1.807) is 55.6 Å². The number of halogens is 1. The summed E-state index contributed by atoms with van der Waals surface area (Å²) in [6.07, 6.45) is 1.49. The fourth-order valence-electron chi connectivity index (χ4n) is 2.89. The second kappa shape index (κ2) is 9.64. The van der Waals surface area contributed by atoms with Crippen LogP contribution in [0.15, 0.2) is 77.9 Å². The summed E-state index contributed by atoms with van der Waals surface area (Å²) in [5.41, 5.74) is 3.62. The van der Waals surface area contributed by atoms with E-state index in [4.69, 9.17) is 21.1 Å². The van der Waals surface area contributed by atoms with Crippen molar-refractivity contribution in [2.45, 2.75) is 0 Å². The van der Waals surface area contributed by atoms with Crippen molar-refractivity contribution in [3.8, 4) is 11.5 Å². The molecule has 0 fully saturated rings. The molecule has 0 saturated carbocycles. The molecule has 4 aromatic rings. The summed E-state index contributed by atoms with van der Waals surface area (Å²) < 4.78 is 11.4. The fraction of sp³-hybridized carbons (Fsp3) is 0.0417. The minimum atomic E-state index is -0.471. The molecule has 160 valence electrons. The zero-order valence-corrected chi connectivity index (χ0v) is 18.4. The minimum Gasteiger partial charge on any atom is -0.497 e. The van der Waals surface area contributed by atoms with Crippen LogP contribution < -0.4 is 14.9 Å². The molecule has 32 heavy (non-hydrogen) atoms. The molecule has 0 unspecified atom stereocenters. The highest BCUT2D eigenvalue weighted by molar-refractivity contribution is 7.21. The summed E-state index contributed by atoms with van der Waals surface area (Å²) >= 11 is 7.63. The maximum atomic E-state index is 12.4. The number of hydrazone groups is 1. The zero-order chi connectivity index (χ0) is 22.5. The second-order valence-electron chi connectivity index (χ2n) is 6.63. The molecule has 0 aliphatic carbocycles. The van der Waals surface area contributed by atoms with Crippen molar-refractivity contribution >= 4 is 51.1 Å². The topological polar surface area (TPSA) is 77.0 Å². The van der Waals surface area contributed by atoms with Crippen molar-refractivity contribution in [1.29, 1.82) is 0 Å². The standard InChI is InChI=1S/C24H17ClN2O4S/c1-30-17-12-8-16(9-13-17)24(29)31-18-10-6-15(7-11-18)14-26-27-23(28)22-21(25)19-4-2-3-5-20(19)32-22/h2-14H,1H3,(H,27,28)/b26-14-. The molecule has 8 heteroatoms. The number of fused-ring (bicyclic) bond motifs is 1. The number of esters is 1. The quantitative estimate of drug-likeness (QED) is 0.176. The van der Waals surface area contributed by atoms with Gasteiger partial charge in [0.15, 0.2) is 0 Å². The van der Waals surface area contributed by atoms with Gasteiger partial charge >= 0.3 is 5.97 Å². The van der Waals surface area contributed by atoms with E-state index >= 15 is 0 Å². The van der Waals surface area contributed by atoms with Gasteiger partial charge in [-0.1, -0.05) is 29.8 Å². The maximum absolute atomic E-state index is 12.4. The first kappa shape index (κ1) is 21.5. The monoisotopic (exact) mass is 464 g/mol. The Bertz CT molecular complexity index is 1300. The molecule has 1 N–H and O–H groups in total. The maximum Gasteiger partial charge on any atom is 0.343 e. The minimum absolute atomic E-state index is 0.377. The van der Waals surface area contributed by atoms with Crippen LogP contribution in [-0.2, 0) is 0 Å². The van der Waals surface area contributed by atoms with Crippen LogP contribution in [0.5, 0.6) is 11.5 Å². The van der Waals surface area contributed by atoms with Gasteiger partial charge in [-0.15, -0.1) is 11.3 Å². The molecule has 4 rings (SSSR count). The Morgan fingerprint density at radius 1 is 0.969 bits per heavy atom. The first-order chi connectivity index (χ1) is 15.5. The van der Waals surface area contributed by atoms with E-state index < -0.39 is 5.97 Å². The SMILES string of the molecule is COc1ccc(C(=O)Oc2ccc(/C=N\NC(=O)c3sc4ccccc4c3Cl)cc2)cc1. The lowest BCUT2D eigenvalue weighted by molar-refractivity contribution is 0.0734. The number of amides is 1. The van der Waals surface area contributed by atoms with Crippen LogP contribution in [-0.4, -0.2) is 25.2 Å². The van der Waals surface area contributed by atoms with E-state index in [1.807, 2.05) is 24.3 Å². The van der Waals surface area contributed by atoms with Gasteiger partial charge in [-0.2, -0.15) is 5.10 Å². The molecule has 0 bridgehead atoms. The molecular weight excluding hydrogens is 448 g/mol. The molecule has 0 aliphatic rings. The summed E-state index contributed by atoms with van der Waals surface area (Å²) in [6, 6.07) is 20.9. The first-order valence-corrected chi connectivity index (χ1v) is 10.7. The van der Waals surface area contributed by atoms with E-state index in [9.17, 15) is 9.59 Å². The highest BCUT2D eigenvalue weighted by Gasteiger charge is 2.16. The molecule has 3 aromatic carbocycles. The van der Waals surface area contributed by atoms with Crippen molar-refractivity contribution < 1.29 is 19.1 Å². The average molecular weight is 465 g/mol. The highest BCUT2D eigenvalue weighted by Crippen LogP contribution is 2.34. The number of ether oxygens (including phenoxy) is 2. The Balaban J connectivity index is 1.36. The van der Waals surface area contributed by atoms with Crippen molar-refractivity contribution in [2.75, 3.05) is 7.11 Å². The van der Waals surface area contributed by atoms with Crippen molar-refractivity contribution in [2.24, 2.45) is 5.10 Å². The summed E-state index contributed by atoms with van der Waals surface area (Å²) in [5, 5.41) is 5.25. The Kier molecular flexibility index (Phi) is 6.49. The second-order valence-corrected chi connectivity index (χ2v) is 8.06. The number of methoxy groups -OCH3 is 1. The molecule has 0 atom stereocenters. The molecule has 0 radical (unpaired) electrons. The van der Waals surface area contributed by atoms with Crippen LogP contribution in [0.1, 0.15) is 25.6 Å². The third-order valence-electron chi connectivity index (χ3n) is 4.54. The van der Waals surface area contributed by atoms with Gasteiger partial charge in [0.1, 0.15) is 16.4 Å². The Morgan fingerprint density at radius 3 is 2.34 bits per heavy atom. The number of carbonyl (C=O) groups is 2. The summed E-state index contributed by atoms with van der Waals surface area (Å²) in [4.78, 5) is 25.0. The summed E-state index contributed by atoms with van der Waals surface area (Å²) in [5.74, 6) is 0.204. The Morgan fingerprint density at radius 2 is 1.66 bits per heavy atom.